The summed E-state index contributed by atoms with van der Waals surface area (Å²) in [6.07, 6.45) is 3.11. The number of nitrogens with one attached hydrogen (secondary N) is 3. The SMILES string of the molecule is N#Cc1ccc(Nc2ncc(I)c(Cl)n2)cc1.NC(=O)c1ccc(Nc2ncc(I)c(=O)[nH]2)cc1. The van der Waals surface area contributed by atoms with Gasteiger partial charge in [-0.25, -0.2) is 9.97 Å². The summed E-state index contributed by atoms with van der Waals surface area (Å²) in [6, 6.07) is 15.6. The van der Waals surface area contributed by atoms with Crippen LogP contribution < -0.4 is 21.9 Å². The lowest BCUT2D eigenvalue weighted by Gasteiger charge is -2.05. The first kappa shape index (κ1) is 26.3. The van der Waals surface area contributed by atoms with Crippen LogP contribution in [0, 0.1) is 18.5 Å². The number of hydrogen-bond acceptors (Lipinski definition) is 8. The molecule has 0 saturated carbocycles. The largest absolute Gasteiger partial charge is 0.366 e. The summed E-state index contributed by atoms with van der Waals surface area (Å²) in [4.78, 5) is 37.1. The number of primary amides is 1. The maximum Gasteiger partial charge on any atom is 0.265 e. The van der Waals surface area contributed by atoms with Crippen molar-refractivity contribution >= 4 is 86.0 Å². The van der Waals surface area contributed by atoms with Gasteiger partial charge in [0.15, 0.2) is 0 Å². The minimum absolute atomic E-state index is 0.207. The molecule has 4 aromatic rings. The minimum Gasteiger partial charge on any atom is -0.366 e. The lowest BCUT2D eigenvalue weighted by atomic mass is 10.2. The highest BCUT2D eigenvalue weighted by Gasteiger charge is 2.04. The molecule has 0 aliphatic rings. The Balaban J connectivity index is 0.000000196. The molecule has 0 atom stereocenters. The summed E-state index contributed by atoms with van der Waals surface area (Å²) in [5.74, 6) is 0.287. The number of aromatic nitrogens is 4. The number of aromatic amines is 1. The average molecular weight is 713 g/mol. The zero-order chi connectivity index (χ0) is 25.4. The van der Waals surface area contributed by atoms with Crippen molar-refractivity contribution in [2.24, 2.45) is 5.73 Å². The number of carbonyl (C=O) groups excluding carboxylic acids is 1. The molecular weight excluding hydrogens is 698 g/mol. The molecule has 0 aliphatic carbocycles. The molecule has 10 nitrogen and oxygen atoms in total. The molecule has 35 heavy (non-hydrogen) atoms. The summed E-state index contributed by atoms with van der Waals surface area (Å²) in [5, 5.41) is 15.0. The average Bonchev–Trinajstić information content (AvgIpc) is 2.85. The van der Waals surface area contributed by atoms with Crippen LogP contribution in [0.15, 0.2) is 65.7 Å². The number of rotatable bonds is 5. The van der Waals surface area contributed by atoms with E-state index in [1.165, 1.54) is 6.20 Å². The number of carbonyl (C=O) groups is 1. The van der Waals surface area contributed by atoms with Crippen molar-refractivity contribution in [1.82, 2.24) is 19.9 Å². The molecule has 0 aliphatic heterocycles. The standard InChI is InChI=1S/C11H6ClIN4.C11H9IN4O2/c12-10-9(13)6-15-11(17-10)16-8-3-1-7(5-14)2-4-8;12-8-5-14-11(16-10(8)18)15-7-3-1-6(2-4-7)9(13)17/h1-4,6H,(H,15,16,17);1-5H,(H2,13,17)(H2,14,15,16,18). The van der Waals surface area contributed by atoms with Crippen molar-refractivity contribution in [2.45, 2.75) is 0 Å². The molecule has 0 fully saturated rings. The number of benzene rings is 2. The Morgan fingerprint density at radius 2 is 1.57 bits per heavy atom. The molecule has 176 valence electrons. The second kappa shape index (κ2) is 12.4. The maximum atomic E-state index is 11.4. The smallest absolute Gasteiger partial charge is 0.265 e. The summed E-state index contributed by atoms with van der Waals surface area (Å²) >= 11 is 9.84. The number of H-pyrrole nitrogens is 1. The van der Waals surface area contributed by atoms with Crippen LogP contribution >= 0.6 is 56.8 Å². The molecule has 4 rings (SSSR count). The van der Waals surface area contributed by atoms with E-state index in [4.69, 9.17) is 22.6 Å². The van der Waals surface area contributed by atoms with Gasteiger partial charge in [-0.1, -0.05) is 11.6 Å². The number of nitrogens with zero attached hydrogens (tertiary/aromatic N) is 4. The molecular formula is C22H15ClI2N8O2. The maximum absolute atomic E-state index is 11.4. The van der Waals surface area contributed by atoms with Gasteiger partial charge in [0.05, 0.1) is 18.8 Å². The van der Waals surface area contributed by atoms with Gasteiger partial charge >= 0.3 is 0 Å². The number of nitrogens with two attached hydrogens (primary N) is 1. The second-order valence-corrected chi connectivity index (χ2v) is 9.30. The van der Waals surface area contributed by atoms with E-state index in [2.05, 4.69) is 59.2 Å². The van der Waals surface area contributed by atoms with E-state index >= 15 is 0 Å². The van der Waals surface area contributed by atoms with Crippen molar-refractivity contribution in [3.05, 3.63) is 94.7 Å². The molecule has 1 amide bonds. The van der Waals surface area contributed by atoms with E-state index < -0.39 is 5.91 Å². The van der Waals surface area contributed by atoms with E-state index in [0.29, 0.717) is 37.4 Å². The molecule has 13 heteroatoms. The number of anilines is 4. The molecule has 5 N–H and O–H groups in total. The van der Waals surface area contributed by atoms with Crippen LogP contribution in [0.1, 0.15) is 15.9 Å². The van der Waals surface area contributed by atoms with Crippen molar-refractivity contribution in [2.75, 3.05) is 10.6 Å². The van der Waals surface area contributed by atoms with Crippen LogP contribution in [-0.4, -0.2) is 25.8 Å². The molecule has 0 bridgehead atoms. The van der Waals surface area contributed by atoms with Crippen LogP contribution in [0.5, 0.6) is 0 Å². The van der Waals surface area contributed by atoms with Crippen molar-refractivity contribution in [1.29, 1.82) is 5.26 Å². The molecule has 0 spiro atoms. The highest BCUT2D eigenvalue weighted by Crippen LogP contribution is 2.19. The summed E-state index contributed by atoms with van der Waals surface area (Å²) in [5.41, 5.74) is 7.46. The number of amides is 1. The van der Waals surface area contributed by atoms with Gasteiger partial charge in [-0.15, -0.1) is 0 Å². The quantitative estimate of drug-likeness (QED) is 0.173. The van der Waals surface area contributed by atoms with Gasteiger partial charge in [-0.2, -0.15) is 10.2 Å². The van der Waals surface area contributed by atoms with Gasteiger partial charge in [0, 0.05) is 29.3 Å². The second-order valence-electron chi connectivity index (χ2n) is 6.62. The molecule has 2 heterocycles. The number of hydrogen-bond donors (Lipinski definition) is 4. The first-order valence-corrected chi connectivity index (χ1v) is 12.2. The van der Waals surface area contributed by atoms with E-state index in [0.717, 1.165) is 9.26 Å². The molecule has 0 saturated heterocycles. The Morgan fingerprint density at radius 3 is 2.14 bits per heavy atom. The third-order valence-electron chi connectivity index (χ3n) is 4.16. The summed E-state index contributed by atoms with van der Waals surface area (Å²) < 4.78 is 1.32. The van der Waals surface area contributed by atoms with Crippen molar-refractivity contribution in [3.8, 4) is 6.07 Å². The van der Waals surface area contributed by atoms with Gasteiger partial charge in [0.25, 0.3) is 5.56 Å². The van der Waals surface area contributed by atoms with Gasteiger partial charge in [0.1, 0.15) is 5.15 Å². The normalized spacial score (nSPS) is 9.89. The Morgan fingerprint density at radius 1 is 0.971 bits per heavy atom. The van der Waals surface area contributed by atoms with Crippen LogP contribution in [0.2, 0.25) is 5.15 Å². The van der Waals surface area contributed by atoms with Gasteiger partial charge in [-0.3, -0.25) is 14.6 Å². The fourth-order valence-corrected chi connectivity index (χ4v) is 3.12. The minimum atomic E-state index is -0.484. The number of nitriles is 1. The fraction of sp³-hybridized carbons (Fsp3) is 0. The highest BCUT2D eigenvalue weighted by molar-refractivity contribution is 14.1. The van der Waals surface area contributed by atoms with Crippen LogP contribution in [-0.2, 0) is 0 Å². The topological polar surface area (TPSA) is 162 Å². The van der Waals surface area contributed by atoms with Crippen molar-refractivity contribution in [3.63, 3.8) is 0 Å². The lowest BCUT2D eigenvalue weighted by molar-refractivity contribution is 0.100. The first-order valence-electron chi connectivity index (χ1n) is 9.62. The molecule has 0 radical (unpaired) electrons. The van der Waals surface area contributed by atoms with E-state index in [9.17, 15) is 9.59 Å². The van der Waals surface area contributed by atoms with E-state index in [-0.39, 0.29) is 5.56 Å². The third-order valence-corrected chi connectivity index (χ3v) is 6.32. The molecule has 0 unspecified atom stereocenters. The Kier molecular flexibility index (Phi) is 9.34. The van der Waals surface area contributed by atoms with Gasteiger partial charge < -0.3 is 16.4 Å². The van der Waals surface area contributed by atoms with Gasteiger partial charge in [-0.05, 0) is 93.7 Å². The van der Waals surface area contributed by atoms with Crippen LogP contribution in [0.3, 0.4) is 0 Å². The summed E-state index contributed by atoms with van der Waals surface area (Å²) in [7, 11) is 0. The zero-order valence-corrected chi connectivity index (χ0v) is 22.7. The van der Waals surface area contributed by atoms with E-state index in [1.807, 2.05) is 22.6 Å². The van der Waals surface area contributed by atoms with Crippen molar-refractivity contribution < 1.29 is 4.79 Å². The monoisotopic (exact) mass is 712 g/mol. The summed E-state index contributed by atoms with van der Waals surface area (Å²) in [6.45, 7) is 0. The Bertz CT molecular complexity index is 1440. The highest BCUT2D eigenvalue weighted by atomic mass is 127. The zero-order valence-electron chi connectivity index (χ0n) is 17.6. The Hall–Kier alpha value is -3.29. The predicted molar refractivity (Wildman–Crippen MR) is 150 cm³/mol. The molecule has 2 aromatic heterocycles. The van der Waals surface area contributed by atoms with Crippen LogP contribution in [0.4, 0.5) is 23.3 Å². The Labute approximate surface area is 231 Å². The fourth-order valence-electron chi connectivity index (χ4n) is 2.46. The first-order chi connectivity index (χ1) is 16.7. The predicted octanol–water partition coefficient (Wildman–Crippen LogP) is 4.57. The number of halogens is 3. The molecule has 2 aromatic carbocycles. The third kappa shape index (κ3) is 7.87. The lowest BCUT2D eigenvalue weighted by Crippen LogP contribution is -2.13. The van der Waals surface area contributed by atoms with E-state index in [1.54, 1.807) is 54.7 Å². The van der Waals surface area contributed by atoms with Gasteiger partial charge in [0.2, 0.25) is 17.8 Å². The van der Waals surface area contributed by atoms with Crippen LogP contribution in [0.25, 0.3) is 0 Å².